The van der Waals surface area contributed by atoms with Crippen LogP contribution in [-0.4, -0.2) is 17.6 Å². The summed E-state index contributed by atoms with van der Waals surface area (Å²) in [5.41, 5.74) is 2.01. The Hall–Kier alpha value is -2.14. The molecule has 1 aromatic carbocycles. The van der Waals surface area contributed by atoms with Gasteiger partial charge in [-0.05, 0) is 30.5 Å². The predicted molar refractivity (Wildman–Crippen MR) is 84.7 cm³/mol. The molecule has 0 saturated heterocycles. The van der Waals surface area contributed by atoms with Crippen molar-refractivity contribution in [3.63, 3.8) is 0 Å². The van der Waals surface area contributed by atoms with Crippen LogP contribution in [0.3, 0.4) is 0 Å². The number of H-pyrrole nitrogens is 1. The number of aromatic amines is 1. The van der Waals surface area contributed by atoms with Gasteiger partial charge in [0.2, 0.25) is 0 Å². The van der Waals surface area contributed by atoms with Crippen molar-refractivity contribution in [2.45, 2.75) is 20.3 Å². The number of thiazole rings is 1. The molecule has 1 aromatic heterocycles. The highest BCUT2D eigenvalue weighted by molar-refractivity contribution is 7.07. The Morgan fingerprint density at radius 2 is 2.00 bits per heavy atom. The molecule has 21 heavy (non-hydrogen) atoms. The largest absolute Gasteiger partial charge is 0.463 e. The van der Waals surface area contributed by atoms with E-state index in [2.05, 4.69) is 11.9 Å². The zero-order valence-electron chi connectivity index (χ0n) is 12.0. The number of aryl methyl sites for hydroxylation is 1. The minimum Gasteiger partial charge on any atom is -0.463 e. The van der Waals surface area contributed by atoms with E-state index in [0.717, 1.165) is 12.0 Å². The molecule has 0 radical (unpaired) electrons. The van der Waals surface area contributed by atoms with E-state index in [1.165, 1.54) is 23.0 Å². The highest BCUT2D eigenvalue weighted by Gasteiger charge is 1.99. The molecule has 4 nitrogen and oxygen atoms in total. The summed E-state index contributed by atoms with van der Waals surface area (Å²) in [4.78, 5) is 25.9. The first-order valence-electron chi connectivity index (χ1n) is 6.80. The Bertz CT molecular complexity index is 784. The molecule has 0 bridgehead atoms. The number of ether oxygens (including phenoxy) is 1. The van der Waals surface area contributed by atoms with Crippen LogP contribution in [0, 0.1) is 0 Å². The monoisotopic (exact) mass is 303 g/mol. The Labute approximate surface area is 126 Å². The van der Waals surface area contributed by atoms with Crippen LogP contribution >= 0.6 is 11.3 Å². The fraction of sp³-hybridized carbons (Fsp3) is 0.250. The zero-order chi connectivity index (χ0) is 15.2. The van der Waals surface area contributed by atoms with E-state index in [9.17, 15) is 9.59 Å². The molecule has 1 heterocycles. The smallest absolute Gasteiger partial charge is 0.333 e. The van der Waals surface area contributed by atoms with Crippen molar-refractivity contribution < 1.29 is 9.53 Å². The molecule has 5 heteroatoms. The van der Waals surface area contributed by atoms with E-state index >= 15 is 0 Å². The maximum Gasteiger partial charge on any atom is 0.333 e. The van der Waals surface area contributed by atoms with E-state index in [1.807, 2.05) is 30.3 Å². The van der Waals surface area contributed by atoms with Gasteiger partial charge in [0, 0.05) is 0 Å². The van der Waals surface area contributed by atoms with Crippen molar-refractivity contribution in [1.29, 1.82) is 0 Å². The molecule has 1 N–H and O–H groups in total. The Balaban J connectivity index is 2.36. The summed E-state index contributed by atoms with van der Waals surface area (Å²) in [6, 6.07) is 8.04. The van der Waals surface area contributed by atoms with Gasteiger partial charge >= 0.3 is 5.97 Å². The molecule has 0 aliphatic heterocycles. The van der Waals surface area contributed by atoms with Gasteiger partial charge in [-0.1, -0.05) is 31.2 Å². The summed E-state index contributed by atoms with van der Waals surface area (Å²) >= 11 is 1.24. The predicted octanol–water partition coefficient (Wildman–Crippen LogP) is 1.17. The van der Waals surface area contributed by atoms with Crippen LogP contribution in [-0.2, 0) is 16.0 Å². The van der Waals surface area contributed by atoms with Gasteiger partial charge in [-0.25, -0.2) is 4.79 Å². The van der Waals surface area contributed by atoms with Crippen LogP contribution in [0.1, 0.15) is 25.0 Å². The normalized spacial score (nSPS) is 12.7. The topological polar surface area (TPSA) is 59.2 Å². The van der Waals surface area contributed by atoms with E-state index in [4.69, 9.17) is 4.74 Å². The SMILES string of the molecule is CCOC(=O)/C=c1/[nH]c(=O)/c(=C/c2ccc(CC)cc2)s1. The maximum absolute atomic E-state index is 11.9. The lowest BCUT2D eigenvalue weighted by Crippen LogP contribution is -2.20. The van der Waals surface area contributed by atoms with Crippen LogP contribution in [0.15, 0.2) is 29.1 Å². The first kappa shape index (κ1) is 15.3. The van der Waals surface area contributed by atoms with Gasteiger partial charge in [0.05, 0.1) is 17.2 Å². The second-order valence-corrected chi connectivity index (χ2v) is 5.50. The summed E-state index contributed by atoms with van der Waals surface area (Å²) in [7, 11) is 0. The third-order valence-corrected chi connectivity index (χ3v) is 3.86. The second-order valence-electron chi connectivity index (χ2n) is 4.42. The molecule has 2 aromatic rings. The molecule has 0 fully saturated rings. The van der Waals surface area contributed by atoms with Gasteiger partial charge in [-0.2, -0.15) is 0 Å². The molecule has 0 amide bonds. The zero-order valence-corrected chi connectivity index (χ0v) is 12.8. The standard InChI is InChI=1S/C16H17NO3S/c1-3-11-5-7-12(8-6-11)9-13-16(19)17-14(21-13)10-15(18)20-4-2/h5-10H,3-4H2,1-2H3,(H,17,19)/b13-9-,14-10-. The van der Waals surface area contributed by atoms with Gasteiger partial charge in [-0.3, -0.25) is 4.79 Å². The van der Waals surface area contributed by atoms with Gasteiger partial charge in [-0.15, -0.1) is 11.3 Å². The number of hydrogen-bond acceptors (Lipinski definition) is 4. The van der Waals surface area contributed by atoms with Crippen molar-refractivity contribution in [2.75, 3.05) is 6.61 Å². The Morgan fingerprint density at radius 1 is 1.29 bits per heavy atom. The third-order valence-electron chi connectivity index (χ3n) is 2.90. The Morgan fingerprint density at radius 3 is 2.62 bits per heavy atom. The third kappa shape index (κ3) is 4.16. The van der Waals surface area contributed by atoms with Crippen molar-refractivity contribution >= 4 is 29.5 Å². The van der Waals surface area contributed by atoms with Crippen molar-refractivity contribution in [1.82, 2.24) is 4.98 Å². The number of aromatic nitrogens is 1. The maximum atomic E-state index is 11.9. The van der Waals surface area contributed by atoms with Gasteiger partial charge in [0.15, 0.2) is 0 Å². The average molecular weight is 303 g/mol. The lowest BCUT2D eigenvalue weighted by Gasteiger charge is -1.96. The molecule has 2 rings (SSSR count). The van der Waals surface area contributed by atoms with Gasteiger partial charge < -0.3 is 9.72 Å². The quantitative estimate of drug-likeness (QED) is 0.863. The molecule has 110 valence electrons. The highest BCUT2D eigenvalue weighted by Crippen LogP contribution is 2.05. The minimum atomic E-state index is -0.450. The van der Waals surface area contributed by atoms with Crippen molar-refractivity contribution in [2.24, 2.45) is 0 Å². The molecule has 0 unspecified atom stereocenters. The lowest BCUT2D eigenvalue weighted by molar-refractivity contribution is -0.135. The summed E-state index contributed by atoms with van der Waals surface area (Å²) in [5.74, 6) is -0.450. The summed E-state index contributed by atoms with van der Waals surface area (Å²) in [6.07, 6.45) is 4.09. The van der Waals surface area contributed by atoms with Gasteiger partial charge in [0.25, 0.3) is 5.56 Å². The molecule has 0 aliphatic carbocycles. The lowest BCUT2D eigenvalue weighted by atomic mass is 10.1. The number of esters is 1. The van der Waals surface area contributed by atoms with Gasteiger partial charge in [0.1, 0.15) is 4.66 Å². The summed E-state index contributed by atoms with van der Waals surface area (Å²) in [5, 5.41) is 0. The highest BCUT2D eigenvalue weighted by atomic mass is 32.1. The van der Waals surface area contributed by atoms with E-state index in [0.29, 0.717) is 15.8 Å². The van der Waals surface area contributed by atoms with Crippen molar-refractivity contribution in [3.05, 3.63) is 54.9 Å². The first-order valence-corrected chi connectivity index (χ1v) is 7.62. The molecular weight excluding hydrogens is 286 g/mol. The van der Waals surface area contributed by atoms with Crippen LogP contribution in [0.2, 0.25) is 0 Å². The van der Waals surface area contributed by atoms with Crippen LogP contribution in [0.25, 0.3) is 12.2 Å². The number of nitrogens with one attached hydrogen (secondary N) is 1. The number of rotatable bonds is 4. The Kier molecular flexibility index (Phi) is 5.11. The molecule has 0 spiro atoms. The van der Waals surface area contributed by atoms with Crippen LogP contribution in [0.4, 0.5) is 0 Å². The average Bonchev–Trinajstić information content (AvgIpc) is 2.79. The van der Waals surface area contributed by atoms with Crippen LogP contribution < -0.4 is 14.8 Å². The molecule has 0 aliphatic rings. The fourth-order valence-electron chi connectivity index (χ4n) is 1.82. The fourth-order valence-corrected chi connectivity index (χ4v) is 2.69. The van der Waals surface area contributed by atoms with E-state index in [-0.39, 0.29) is 5.56 Å². The van der Waals surface area contributed by atoms with Crippen LogP contribution in [0.5, 0.6) is 0 Å². The number of carbonyl (C=O) groups is 1. The minimum absolute atomic E-state index is 0.199. The summed E-state index contributed by atoms with van der Waals surface area (Å²) in [6.45, 7) is 4.15. The molecule has 0 atom stereocenters. The number of hydrogen-bond donors (Lipinski definition) is 1. The van der Waals surface area contributed by atoms with Crippen molar-refractivity contribution in [3.8, 4) is 0 Å². The summed E-state index contributed by atoms with van der Waals surface area (Å²) < 4.78 is 5.88. The molecule has 0 saturated carbocycles. The van der Waals surface area contributed by atoms with E-state index in [1.54, 1.807) is 6.92 Å². The number of benzene rings is 1. The van der Waals surface area contributed by atoms with E-state index < -0.39 is 5.97 Å². The second kappa shape index (κ2) is 7.04. The number of carbonyl (C=O) groups excluding carboxylic acids is 1. The first-order chi connectivity index (χ1) is 10.1. The molecular formula is C16H17NO3S.